The highest BCUT2D eigenvalue weighted by atomic mass is 16.7. The molecule has 0 N–H and O–H groups in total. The zero-order valence-corrected chi connectivity index (χ0v) is 7.56. The Kier molecular flexibility index (Phi) is 3.51. The summed E-state index contributed by atoms with van der Waals surface area (Å²) in [6, 6.07) is 9.42. The lowest BCUT2D eigenvalue weighted by molar-refractivity contribution is -0.133. The number of benzene rings is 1. The predicted octanol–water partition coefficient (Wildman–Crippen LogP) is 0.640. The molecule has 0 atom stereocenters. The molecule has 1 aromatic rings. The monoisotopic (exact) mass is 185 g/mol. The molecule has 0 spiro atoms. The van der Waals surface area contributed by atoms with Crippen molar-refractivity contribution in [1.82, 2.24) is 0 Å². The third-order valence-electron chi connectivity index (χ3n) is 1.68. The molecule has 14 heavy (non-hydrogen) atoms. The van der Waals surface area contributed by atoms with Gasteiger partial charge in [0.1, 0.15) is 0 Å². The summed E-state index contributed by atoms with van der Waals surface area (Å²) < 4.78 is 0. The largest absolute Gasteiger partial charge is 0.413 e. The molecule has 0 unspecified atom stereocenters. The summed E-state index contributed by atoms with van der Waals surface area (Å²) in [5, 5.41) is 2.54. The molecular formula is C10H8BNO2. The van der Waals surface area contributed by atoms with E-state index in [4.69, 9.17) is 6.57 Å². The topological polar surface area (TPSA) is 30.7 Å². The highest BCUT2D eigenvalue weighted by Crippen LogP contribution is 1.94. The molecule has 0 aliphatic rings. The van der Waals surface area contributed by atoms with Crippen LogP contribution in [0, 0.1) is 6.57 Å². The van der Waals surface area contributed by atoms with Crippen molar-refractivity contribution in [1.29, 1.82) is 0 Å². The molecule has 3 nitrogen and oxygen atoms in total. The van der Waals surface area contributed by atoms with Gasteiger partial charge < -0.3 is 0 Å². The van der Waals surface area contributed by atoms with Gasteiger partial charge in [-0.3, -0.25) is 0 Å². The minimum Gasteiger partial charge on any atom is -0.239 e. The van der Waals surface area contributed by atoms with Crippen molar-refractivity contribution in [2.45, 2.75) is 0 Å². The molecule has 0 fully saturated rings. The summed E-state index contributed by atoms with van der Waals surface area (Å²) in [6.07, 6.45) is 0. The fraction of sp³-hybridized carbons (Fsp3) is 0. The van der Waals surface area contributed by atoms with Gasteiger partial charge in [-0.2, -0.15) is 6.57 Å². The van der Waals surface area contributed by atoms with Gasteiger partial charge in [-0.05, 0) is 5.01 Å². The lowest BCUT2D eigenvalue weighted by Crippen LogP contribution is -2.20. The van der Waals surface area contributed by atoms with Crippen molar-refractivity contribution in [2.75, 3.05) is 0 Å². The van der Waals surface area contributed by atoms with Crippen LogP contribution in [0.3, 0.4) is 0 Å². The molecule has 0 bridgehead atoms. The van der Waals surface area contributed by atoms with Crippen molar-refractivity contribution >= 4 is 18.7 Å². The number of nitrogens with zero attached hydrogens (tertiary/aromatic N) is 1. The van der Waals surface area contributed by atoms with E-state index < -0.39 is 5.97 Å². The van der Waals surface area contributed by atoms with Crippen molar-refractivity contribution in [3.63, 3.8) is 0 Å². The normalized spacial score (nSPS) is 8.50. The van der Waals surface area contributed by atoms with E-state index in [0.717, 1.165) is 5.46 Å². The lowest BCUT2D eigenvalue weighted by Gasteiger charge is -1.97. The first kappa shape index (κ1) is 10.1. The van der Waals surface area contributed by atoms with Crippen LogP contribution in [0.2, 0.25) is 0 Å². The molecule has 0 heterocycles. The highest BCUT2D eigenvalue weighted by Gasteiger charge is 2.13. The Morgan fingerprint density at radius 1 is 1.43 bits per heavy atom. The Morgan fingerprint density at radius 2 is 2.07 bits per heavy atom. The Balaban J connectivity index is 2.59. The maximum atomic E-state index is 11.0. The maximum absolute atomic E-state index is 11.0. The second-order valence-corrected chi connectivity index (χ2v) is 2.74. The third-order valence-corrected chi connectivity index (χ3v) is 1.68. The zero-order valence-electron chi connectivity index (χ0n) is 7.56. The average Bonchev–Trinajstić information content (AvgIpc) is 2.19. The minimum atomic E-state index is -0.663. The molecule has 1 rings (SSSR count). The standard InChI is InChI=1S/C10H8BNO2/c1-8(10(13)14-12-2)11-9-6-4-3-5-7-9/h3-7,11H,1H2. The lowest BCUT2D eigenvalue weighted by atomic mass is 9.64. The van der Waals surface area contributed by atoms with E-state index in [-0.39, 0.29) is 5.47 Å². The maximum Gasteiger partial charge on any atom is 0.413 e. The van der Waals surface area contributed by atoms with Crippen molar-refractivity contribution in [3.8, 4) is 0 Å². The molecular weight excluding hydrogens is 177 g/mol. The van der Waals surface area contributed by atoms with Gasteiger partial charge >= 0.3 is 5.97 Å². The average molecular weight is 185 g/mol. The smallest absolute Gasteiger partial charge is 0.239 e. The summed E-state index contributed by atoms with van der Waals surface area (Å²) in [5.74, 6) is -0.663. The van der Waals surface area contributed by atoms with E-state index in [1.165, 1.54) is 0 Å². The van der Waals surface area contributed by atoms with Crippen LogP contribution in [-0.2, 0) is 9.63 Å². The van der Waals surface area contributed by atoms with Gasteiger partial charge in [-0.1, -0.05) is 42.4 Å². The van der Waals surface area contributed by atoms with Gasteiger partial charge in [0.25, 0.3) is 0 Å². The van der Waals surface area contributed by atoms with Gasteiger partial charge in [0.15, 0.2) is 0 Å². The van der Waals surface area contributed by atoms with Crippen LogP contribution < -0.4 is 5.46 Å². The van der Waals surface area contributed by atoms with Crippen LogP contribution in [0.4, 0.5) is 0 Å². The second kappa shape index (κ2) is 4.88. The number of rotatable bonds is 3. The first-order chi connectivity index (χ1) is 6.74. The van der Waals surface area contributed by atoms with E-state index >= 15 is 0 Å². The molecule has 0 aromatic heterocycles. The van der Waals surface area contributed by atoms with Gasteiger partial charge in [0, 0.05) is 5.47 Å². The number of hydrogen-bond acceptors (Lipinski definition) is 2. The van der Waals surface area contributed by atoms with Crippen LogP contribution in [0.1, 0.15) is 0 Å². The highest BCUT2D eigenvalue weighted by molar-refractivity contribution is 6.66. The fourth-order valence-electron chi connectivity index (χ4n) is 1.02. The number of carbonyl (C=O) groups is 1. The predicted molar refractivity (Wildman–Crippen MR) is 55.1 cm³/mol. The van der Waals surface area contributed by atoms with Crippen LogP contribution >= 0.6 is 0 Å². The Bertz CT molecular complexity index is 381. The van der Waals surface area contributed by atoms with Crippen molar-refractivity contribution in [2.24, 2.45) is 0 Å². The Labute approximate surface area is 83.0 Å². The van der Waals surface area contributed by atoms with Gasteiger partial charge in [0.2, 0.25) is 7.28 Å². The number of carbonyl (C=O) groups excluding carboxylic acids is 1. The van der Waals surface area contributed by atoms with Crippen LogP contribution in [0.5, 0.6) is 0 Å². The van der Waals surface area contributed by atoms with Gasteiger partial charge in [0.05, 0.1) is 0 Å². The first-order valence-corrected chi connectivity index (χ1v) is 4.04. The summed E-state index contributed by atoms with van der Waals surface area (Å²) in [4.78, 5) is 15.1. The quantitative estimate of drug-likeness (QED) is 0.299. The van der Waals surface area contributed by atoms with Gasteiger partial charge in [-0.15, -0.1) is 4.84 Å². The van der Waals surface area contributed by atoms with E-state index in [9.17, 15) is 4.79 Å². The third kappa shape index (κ3) is 2.79. The molecule has 0 saturated heterocycles. The molecule has 0 radical (unpaired) electrons. The van der Waals surface area contributed by atoms with Crippen LogP contribution in [-0.4, -0.2) is 13.2 Å². The zero-order chi connectivity index (χ0) is 10.4. The molecule has 1 aromatic carbocycles. The van der Waals surface area contributed by atoms with Crippen molar-refractivity contribution in [3.05, 3.63) is 54.0 Å². The van der Waals surface area contributed by atoms with Crippen molar-refractivity contribution < 1.29 is 9.63 Å². The van der Waals surface area contributed by atoms with E-state index in [2.05, 4.69) is 16.4 Å². The SMILES string of the molecule is [C-]#[N+]OC(=O)C(=C)Bc1ccccc1. The van der Waals surface area contributed by atoms with E-state index in [0.29, 0.717) is 7.28 Å². The second-order valence-electron chi connectivity index (χ2n) is 2.74. The molecule has 0 aliphatic carbocycles. The minimum absolute atomic E-state index is 0.284. The van der Waals surface area contributed by atoms with Crippen LogP contribution in [0.25, 0.3) is 5.01 Å². The van der Waals surface area contributed by atoms with E-state index in [1.54, 1.807) is 0 Å². The molecule has 0 saturated carbocycles. The number of hydrogen-bond donors (Lipinski definition) is 0. The molecule has 0 aliphatic heterocycles. The van der Waals surface area contributed by atoms with Crippen LogP contribution in [0.15, 0.2) is 42.4 Å². The first-order valence-electron chi connectivity index (χ1n) is 4.04. The fourth-order valence-corrected chi connectivity index (χ4v) is 1.02. The summed E-state index contributed by atoms with van der Waals surface area (Å²) in [5.41, 5.74) is 1.26. The Morgan fingerprint density at radius 3 is 2.64 bits per heavy atom. The molecule has 4 heteroatoms. The Hall–Kier alpha value is -2.02. The molecule has 68 valence electrons. The van der Waals surface area contributed by atoms with Gasteiger partial charge in [-0.25, -0.2) is 4.79 Å². The summed E-state index contributed by atoms with van der Waals surface area (Å²) >= 11 is 0. The molecule has 0 amide bonds. The van der Waals surface area contributed by atoms with E-state index in [1.807, 2.05) is 30.3 Å². The summed E-state index contributed by atoms with van der Waals surface area (Å²) in [7, 11) is 0.412. The summed E-state index contributed by atoms with van der Waals surface area (Å²) in [6.45, 7) is 9.90.